The van der Waals surface area contributed by atoms with E-state index in [4.69, 9.17) is 0 Å². The minimum absolute atomic E-state index is 0.164. The minimum atomic E-state index is -0.199. The van der Waals surface area contributed by atoms with Crippen LogP contribution in [-0.2, 0) is 6.54 Å². The van der Waals surface area contributed by atoms with Crippen molar-refractivity contribution >= 4 is 5.91 Å². The molecule has 0 aliphatic rings. The topological polar surface area (TPSA) is 72.7 Å². The van der Waals surface area contributed by atoms with Gasteiger partial charge in [0, 0.05) is 31.3 Å². The summed E-state index contributed by atoms with van der Waals surface area (Å²) < 4.78 is 1.93. The second kappa shape index (κ2) is 6.62. The van der Waals surface area contributed by atoms with Crippen molar-refractivity contribution in [2.45, 2.75) is 12.6 Å². The maximum atomic E-state index is 12.3. The number of imidazole rings is 1. The van der Waals surface area contributed by atoms with Crippen molar-refractivity contribution in [3.63, 3.8) is 0 Å². The van der Waals surface area contributed by atoms with E-state index in [1.807, 2.05) is 41.1 Å². The molecule has 0 radical (unpaired) electrons. The Kier molecular flexibility index (Phi) is 4.20. The Hall–Kier alpha value is -3.02. The van der Waals surface area contributed by atoms with E-state index in [1.165, 1.54) is 18.7 Å². The molecule has 1 N–H and O–H groups in total. The molecule has 2 heterocycles. The molecule has 0 aliphatic carbocycles. The Morgan fingerprint density at radius 2 is 1.91 bits per heavy atom. The molecule has 0 saturated carbocycles. The van der Waals surface area contributed by atoms with Crippen molar-refractivity contribution in [2.75, 3.05) is 0 Å². The highest BCUT2D eigenvalue weighted by molar-refractivity contribution is 5.93. The number of rotatable bonds is 5. The summed E-state index contributed by atoms with van der Waals surface area (Å²) in [7, 11) is 0. The van der Waals surface area contributed by atoms with Crippen LogP contribution in [0.2, 0.25) is 0 Å². The summed E-state index contributed by atoms with van der Waals surface area (Å²) in [6.45, 7) is 0.601. The van der Waals surface area contributed by atoms with E-state index >= 15 is 0 Å². The van der Waals surface area contributed by atoms with Gasteiger partial charge in [0.15, 0.2) is 0 Å². The first kappa shape index (κ1) is 13.9. The maximum Gasteiger partial charge on any atom is 0.254 e. The highest BCUT2D eigenvalue weighted by Gasteiger charge is 2.16. The summed E-state index contributed by atoms with van der Waals surface area (Å²) in [5.74, 6) is -0.199. The second-order valence-corrected chi connectivity index (χ2v) is 4.82. The molecule has 2 aromatic heterocycles. The summed E-state index contributed by atoms with van der Waals surface area (Å²) in [5.41, 5.74) is 1.47. The molecule has 0 unspecified atom stereocenters. The van der Waals surface area contributed by atoms with Crippen molar-refractivity contribution in [2.24, 2.45) is 0 Å². The Morgan fingerprint density at radius 3 is 2.59 bits per heavy atom. The smallest absolute Gasteiger partial charge is 0.254 e. The van der Waals surface area contributed by atoms with Crippen LogP contribution in [0.5, 0.6) is 0 Å². The highest BCUT2D eigenvalue weighted by Crippen LogP contribution is 2.15. The number of nitrogens with one attached hydrogen (secondary N) is 1. The van der Waals surface area contributed by atoms with Crippen LogP contribution in [0.1, 0.15) is 22.0 Å². The van der Waals surface area contributed by atoms with Gasteiger partial charge in [0.05, 0.1) is 17.9 Å². The molecule has 1 atom stereocenters. The van der Waals surface area contributed by atoms with Gasteiger partial charge in [-0.2, -0.15) is 0 Å². The van der Waals surface area contributed by atoms with Crippen molar-refractivity contribution < 1.29 is 4.79 Å². The summed E-state index contributed by atoms with van der Waals surface area (Å²) in [5, 5.41) is 3.02. The van der Waals surface area contributed by atoms with Gasteiger partial charge in [0.25, 0.3) is 5.91 Å². The molecular weight excluding hydrogens is 278 g/mol. The lowest BCUT2D eigenvalue weighted by Crippen LogP contribution is -2.31. The number of amides is 1. The largest absolute Gasteiger partial charge is 0.343 e. The van der Waals surface area contributed by atoms with Crippen LogP contribution >= 0.6 is 0 Å². The van der Waals surface area contributed by atoms with E-state index < -0.39 is 0 Å². The Bertz CT molecular complexity index is 713. The van der Waals surface area contributed by atoms with E-state index in [1.54, 1.807) is 12.5 Å². The summed E-state index contributed by atoms with van der Waals surface area (Å²) in [6, 6.07) is 9.67. The van der Waals surface area contributed by atoms with Gasteiger partial charge in [-0.1, -0.05) is 30.3 Å². The molecule has 0 saturated heterocycles. The molecule has 6 heteroatoms. The Morgan fingerprint density at radius 1 is 1.14 bits per heavy atom. The lowest BCUT2D eigenvalue weighted by atomic mass is 10.1. The average Bonchev–Trinajstić information content (AvgIpc) is 3.09. The van der Waals surface area contributed by atoms with Crippen LogP contribution in [0.4, 0.5) is 0 Å². The predicted octanol–water partition coefficient (Wildman–Crippen LogP) is 1.84. The van der Waals surface area contributed by atoms with Crippen LogP contribution in [0, 0.1) is 0 Å². The number of nitrogens with zero attached hydrogens (tertiary/aromatic N) is 4. The molecule has 0 aliphatic heterocycles. The van der Waals surface area contributed by atoms with E-state index in [2.05, 4.69) is 20.3 Å². The molecule has 3 rings (SSSR count). The monoisotopic (exact) mass is 293 g/mol. The number of benzene rings is 1. The van der Waals surface area contributed by atoms with Crippen LogP contribution in [-0.4, -0.2) is 25.4 Å². The molecule has 22 heavy (non-hydrogen) atoms. The third-order valence-corrected chi connectivity index (χ3v) is 3.28. The molecule has 110 valence electrons. The van der Waals surface area contributed by atoms with Gasteiger partial charge < -0.3 is 9.88 Å². The fraction of sp³-hybridized carbons (Fsp3) is 0.125. The third kappa shape index (κ3) is 3.35. The van der Waals surface area contributed by atoms with E-state index in [9.17, 15) is 4.79 Å². The zero-order valence-electron chi connectivity index (χ0n) is 11.8. The molecule has 1 amide bonds. The molecule has 6 nitrogen and oxygen atoms in total. The first-order valence-corrected chi connectivity index (χ1v) is 6.89. The molecule has 0 bridgehead atoms. The number of hydrogen-bond acceptors (Lipinski definition) is 4. The first-order chi connectivity index (χ1) is 10.8. The summed E-state index contributed by atoms with van der Waals surface area (Å²) >= 11 is 0. The summed E-state index contributed by atoms with van der Waals surface area (Å²) in [6.07, 6.45) is 9.72. The maximum absolute atomic E-state index is 12.3. The lowest BCUT2D eigenvalue weighted by molar-refractivity contribution is 0.0932. The van der Waals surface area contributed by atoms with E-state index in [0.717, 1.165) is 5.56 Å². The van der Waals surface area contributed by atoms with E-state index in [-0.39, 0.29) is 11.9 Å². The normalized spacial score (nSPS) is 11.8. The fourth-order valence-corrected chi connectivity index (χ4v) is 2.18. The fourth-order valence-electron chi connectivity index (χ4n) is 2.18. The van der Waals surface area contributed by atoms with Crippen LogP contribution in [0.25, 0.3) is 0 Å². The molecular formula is C16H15N5O. The lowest BCUT2D eigenvalue weighted by Gasteiger charge is -2.19. The van der Waals surface area contributed by atoms with Crippen LogP contribution < -0.4 is 5.32 Å². The number of aromatic nitrogens is 4. The molecule has 0 spiro atoms. The SMILES string of the molecule is O=C(N[C@@H](Cn1ccnc1)c1ccccc1)c1cncnc1. The number of carbonyl (C=O) groups is 1. The van der Waals surface area contributed by atoms with Gasteiger partial charge in [-0.25, -0.2) is 15.0 Å². The Balaban J connectivity index is 1.81. The van der Waals surface area contributed by atoms with E-state index in [0.29, 0.717) is 12.1 Å². The molecule has 0 fully saturated rings. The standard InChI is InChI=1S/C16H15N5O/c22-16(14-8-18-11-19-9-14)20-15(10-21-7-6-17-12-21)13-4-2-1-3-5-13/h1-9,11-12,15H,10H2,(H,20,22)/t15-/m0/s1. The molecule has 1 aromatic carbocycles. The van der Waals surface area contributed by atoms with Crippen LogP contribution in [0.3, 0.4) is 0 Å². The van der Waals surface area contributed by atoms with Gasteiger partial charge in [0.1, 0.15) is 6.33 Å². The van der Waals surface area contributed by atoms with Crippen molar-refractivity contribution in [3.8, 4) is 0 Å². The zero-order chi connectivity index (χ0) is 15.2. The Labute approximate surface area is 127 Å². The van der Waals surface area contributed by atoms with Gasteiger partial charge in [-0.15, -0.1) is 0 Å². The second-order valence-electron chi connectivity index (χ2n) is 4.82. The quantitative estimate of drug-likeness (QED) is 0.779. The summed E-state index contributed by atoms with van der Waals surface area (Å²) in [4.78, 5) is 24.1. The predicted molar refractivity (Wildman–Crippen MR) is 80.9 cm³/mol. The third-order valence-electron chi connectivity index (χ3n) is 3.28. The van der Waals surface area contributed by atoms with Gasteiger partial charge in [0.2, 0.25) is 0 Å². The van der Waals surface area contributed by atoms with Crippen molar-refractivity contribution in [1.82, 2.24) is 24.8 Å². The highest BCUT2D eigenvalue weighted by atomic mass is 16.1. The van der Waals surface area contributed by atoms with Gasteiger partial charge >= 0.3 is 0 Å². The zero-order valence-corrected chi connectivity index (χ0v) is 11.8. The average molecular weight is 293 g/mol. The van der Waals surface area contributed by atoms with Crippen molar-refractivity contribution in [3.05, 3.63) is 78.9 Å². The van der Waals surface area contributed by atoms with Gasteiger partial charge in [-0.3, -0.25) is 4.79 Å². The minimum Gasteiger partial charge on any atom is -0.343 e. The van der Waals surface area contributed by atoms with Crippen molar-refractivity contribution in [1.29, 1.82) is 0 Å². The molecule has 3 aromatic rings. The first-order valence-electron chi connectivity index (χ1n) is 6.89. The van der Waals surface area contributed by atoms with Crippen LogP contribution in [0.15, 0.2) is 67.8 Å². The number of hydrogen-bond donors (Lipinski definition) is 1. The van der Waals surface area contributed by atoms with Gasteiger partial charge in [-0.05, 0) is 5.56 Å². The number of carbonyl (C=O) groups excluding carboxylic acids is 1.